The number of esters is 1. The number of nitro groups is 1. The molecule has 0 aromatic heterocycles. The second-order valence-electron chi connectivity index (χ2n) is 6.78. The summed E-state index contributed by atoms with van der Waals surface area (Å²) in [7, 11) is 0. The van der Waals surface area contributed by atoms with Crippen molar-refractivity contribution in [2.45, 2.75) is 19.1 Å². The smallest absolute Gasteiger partial charge is 0.319 e. The minimum Gasteiger partial charge on any atom is -0.455 e. The molecule has 2 aromatic carbocycles. The lowest BCUT2D eigenvalue weighted by atomic mass is 10.2. The van der Waals surface area contributed by atoms with Gasteiger partial charge in [-0.05, 0) is 38.1 Å². The minimum absolute atomic E-state index is 0.0155. The number of hydrogen-bond donors (Lipinski definition) is 3. The van der Waals surface area contributed by atoms with E-state index in [-0.39, 0.29) is 22.9 Å². The lowest BCUT2D eigenvalue weighted by molar-refractivity contribution is -0.384. The predicted molar refractivity (Wildman–Crippen MR) is 121 cm³/mol. The number of amides is 3. The number of nitro benzene ring substituents is 1. The van der Waals surface area contributed by atoms with E-state index in [0.717, 1.165) is 29.5 Å². The van der Waals surface area contributed by atoms with Crippen LogP contribution in [0.15, 0.2) is 48.5 Å². The topological polar surface area (TPSA) is 157 Å². The van der Waals surface area contributed by atoms with Crippen molar-refractivity contribution in [3.63, 3.8) is 0 Å². The molecule has 0 aliphatic heterocycles. The van der Waals surface area contributed by atoms with E-state index in [1.165, 1.54) is 12.1 Å². The van der Waals surface area contributed by atoms with E-state index in [1.54, 1.807) is 19.1 Å². The number of non-ortho nitro benzene ring substituents is 1. The normalized spacial score (nSPS) is 11.1. The fraction of sp³-hybridized carbons (Fsp3) is 0.238. The van der Waals surface area contributed by atoms with Crippen molar-refractivity contribution >= 4 is 46.8 Å². The Morgan fingerprint density at radius 3 is 2.24 bits per heavy atom. The van der Waals surface area contributed by atoms with Crippen LogP contribution in [0, 0.1) is 17.0 Å². The number of ether oxygens (including phenoxy) is 1. The fourth-order valence-corrected chi connectivity index (χ4v) is 3.00. The highest BCUT2D eigenvalue weighted by molar-refractivity contribution is 8.01. The number of nitrogens with zero attached hydrogens (tertiary/aromatic N) is 1. The van der Waals surface area contributed by atoms with E-state index in [2.05, 4.69) is 16.2 Å². The molecule has 0 bridgehead atoms. The van der Waals surface area contributed by atoms with Crippen LogP contribution in [0.2, 0.25) is 0 Å². The number of benzene rings is 2. The van der Waals surface area contributed by atoms with Gasteiger partial charge in [0, 0.05) is 23.4 Å². The van der Waals surface area contributed by atoms with Crippen molar-refractivity contribution in [2.24, 2.45) is 0 Å². The van der Waals surface area contributed by atoms with Gasteiger partial charge in [-0.3, -0.25) is 40.1 Å². The van der Waals surface area contributed by atoms with Gasteiger partial charge >= 0.3 is 5.97 Å². The summed E-state index contributed by atoms with van der Waals surface area (Å²) >= 11 is 1.05. The highest BCUT2D eigenvalue weighted by atomic mass is 32.2. The molecule has 33 heavy (non-hydrogen) atoms. The molecule has 0 fully saturated rings. The summed E-state index contributed by atoms with van der Waals surface area (Å²) in [6.07, 6.45) is 0. The number of hydrazine groups is 1. The first-order valence-electron chi connectivity index (χ1n) is 9.64. The van der Waals surface area contributed by atoms with Gasteiger partial charge in [0.05, 0.1) is 10.7 Å². The maximum atomic E-state index is 12.0. The van der Waals surface area contributed by atoms with Crippen LogP contribution in [0.3, 0.4) is 0 Å². The number of carbonyl (C=O) groups is 4. The molecule has 0 aliphatic rings. The van der Waals surface area contributed by atoms with Crippen molar-refractivity contribution in [1.82, 2.24) is 10.9 Å². The third-order valence-electron chi connectivity index (χ3n) is 4.13. The lowest BCUT2D eigenvalue weighted by Crippen LogP contribution is -2.43. The Morgan fingerprint density at radius 1 is 1.00 bits per heavy atom. The molecule has 0 heterocycles. The summed E-state index contributed by atoms with van der Waals surface area (Å²) < 4.78 is 4.88. The van der Waals surface area contributed by atoms with E-state index in [1.807, 2.05) is 19.1 Å². The average Bonchev–Trinajstić information content (AvgIpc) is 2.80. The van der Waals surface area contributed by atoms with Crippen LogP contribution < -0.4 is 16.2 Å². The molecule has 0 saturated carbocycles. The van der Waals surface area contributed by atoms with Gasteiger partial charge in [0.15, 0.2) is 6.61 Å². The van der Waals surface area contributed by atoms with Crippen molar-refractivity contribution in [3.05, 3.63) is 69.8 Å². The third kappa shape index (κ3) is 8.61. The van der Waals surface area contributed by atoms with Crippen molar-refractivity contribution in [1.29, 1.82) is 0 Å². The monoisotopic (exact) mass is 474 g/mol. The van der Waals surface area contributed by atoms with Gasteiger partial charge in [-0.25, -0.2) is 0 Å². The Labute approximate surface area is 193 Å². The molecular weight excluding hydrogens is 452 g/mol. The molecule has 0 spiro atoms. The predicted octanol–water partition coefficient (Wildman–Crippen LogP) is 1.97. The number of thioether (sulfide) groups is 1. The average molecular weight is 474 g/mol. The first-order valence-corrected chi connectivity index (χ1v) is 10.7. The highest BCUT2D eigenvalue weighted by Gasteiger charge is 2.18. The number of nitrogens with one attached hydrogen (secondary N) is 3. The van der Waals surface area contributed by atoms with Gasteiger partial charge in [0.25, 0.3) is 17.5 Å². The van der Waals surface area contributed by atoms with Crippen LogP contribution in [-0.2, 0) is 19.1 Å². The van der Waals surface area contributed by atoms with Crippen LogP contribution in [0.25, 0.3) is 0 Å². The summed E-state index contributed by atoms with van der Waals surface area (Å²) in [5.74, 6) is -2.45. The van der Waals surface area contributed by atoms with Gasteiger partial charge < -0.3 is 10.1 Å². The molecule has 0 aliphatic carbocycles. The second-order valence-corrected chi connectivity index (χ2v) is 8.11. The molecule has 12 heteroatoms. The third-order valence-corrected chi connectivity index (χ3v) is 5.25. The van der Waals surface area contributed by atoms with E-state index in [4.69, 9.17) is 4.74 Å². The maximum absolute atomic E-state index is 12.0. The number of hydrogen-bond acceptors (Lipinski definition) is 8. The van der Waals surface area contributed by atoms with Crippen molar-refractivity contribution in [3.8, 4) is 0 Å². The molecular formula is C21H22N4O7S. The van der Waals surface area contributed by atoms with E-state index in [0.29, 0.717) is 5.69 Å². The van der Waals surface area contributed by atoms with Gasteiger partial charge in [0.1, 0.15) is 5.25 Å². The summed E-state index contributed by atoms with van der Waals surface area (Å²) in [6, 6.07) is 12.0. The maximum Gasteiger partial charge on any atom is 0.319 e. The molecule has 0 saturated heterocycles. The Balaban J connectivity index is 1.67. The highest BCUT2D eigenvalue weighted by Crippen LogP contribution is 2.14. The Morgan fingerprint density at radius 2 is 1.64 bits per heavy atom. The quantitative estimate of drug-likeness (QED) is 0.283. The molecule has 3 amide bonds. The summed E-state index contributed by atoms with van der Waals surface area (Å²) in [5.41, 5.74) is 5.80. The summed E-state index contributed by atoms with van der Waals surface area (Å²) in [5, 5.41) is 12.6. The van der Waals surface area contributed by atoms with Gasteiger partial charge in [-0.1, -0.05) is 17.7 Å². The van der Waals surface area contributed by atoms with Crippen LogP contribution >= 0.6 is 11.8 Å². The van der Waals surface area contributed by atoms with Crippen molar-refractivity contribution < 1.29 is 28.8 Å². The minimum atomic E-state index is -0.784. The Kier molecular flexibility index (Phi) is 9.36. The largest absolute Gasteiger partial charge is 0.455 e. The van der Waals surface area contributed by atoms with Crippen LogP contribution in [0.1, 0.15) is 22.8 Å². The van der Waals surface area contributed by atoms with Crippen LogP contribution in [0.4, 0.5) is 11.4 Å². The van der Waals surface area contributed by atoms with Gasteiger partial charge in [-0.15, -0.1) is 11.8 Å². The van der Waals surface area contributed by atoms with Crippen LogP contribution in [-0.4, -0.2) is 46.2 Å². The van der Waals surface area contributed by atoms with E-state index in [9.17, 15) is 29.3 Å². The zero-order valence-corrected chi connectivity index (χ0v) is 18.6. The molecule has 0 unspecified atom stereocenters. The number of aryl methyl sites for hydroxylation is 1. The van der Waals surface area contributed by atoms with E-state index < -0.39 is 34.6 Å². The fourth-order valence-electron chi connectivity index (χ4n) is 2.33. The summed E-state index contributed by atoms with van der Waals surface area (Å²) in [4.78, 5) is 57.7. The molecule has 174 valence electrons. The van der Waals surface area contributed by atoms with Crippen molar-refractivity contribution in [2.75, 3.05) is 17.7 Å². The molecule has 2 rings (SSSR count). The lowest BCUT2D eigenvalue weighted by Gasteiger charge is -2.12. The summed E-state index contributed by atoms with van der Waals surface area (Å²) in [6.45, 7) is 2.84. The molecule has 2 aromatic rings. The first-order chi connectivity index (χ1) is 15.7. The standard InChI is InChI=1S/C21H22N4O7S/c1-13-3-7-16(8-4-13)22-19(27)12-33-14(2)21(29)32-11-18(26)23-24-20(28)15-5-9-17(10-6-15)25(30)31/h3-10,14H,11-12H2,1-2H3,(H,22,27)(H,23,26)(H,24,28)/t14-/m0/s1. The van der Waals surface area contributed by atoms with Gasteiger partial charge in [0.2, 0.25) is 5.91 Å². The number of carbonyl (C=O) groups excluding carboxylic acids is 4. The SMILES string of the molecule is Cc1ccc(NC(=O)CS[C@@H](C)C(=O)OCC(=O)NNC(=O)c2ccc([N+](=O)[O-])cc2)cc1. The first kappa shape index (κ1) is 25.3. The molecule has 3 N–H and O–H groups in total. The zero-order chi connectivity index (χ0) is 24.4. The second kappa shape index (κ2) is 12.2. The Hall–Kier alpha value is -3.93. The molecule has 0 radical (unpaired) electrons. The van der Waals surface area contributed by atoms with E-state index >= 15 is 0 Å². The molecule has 11 nitrogen and oxygen atoms in total. The number of rotatable bonds is 9. The Bertz CT molecular complexity index is 1030. The zero-order valence-electron chi connectivity index (χ0n) is 17.8. The number of anilines is 1. The molecule has 1 atom stereocenters. The van der Waals surface area contributed by atoms with Crippen LogP contribution in [0.5, 0.6) is 0 Å². The van der Waals surface area contributed by atoms with Gasteiger partial charge in [-0.2, -0.15) is 0 Å².